The van der Waals surface area contributed by atoms with Crippen molar-refractivity contribution in [2.75, 3.05) is 25.1 Å². The van der Waals surface area contributed by atoms with E-state index in [-0.39, 0.29) is 5.78 Å². The normalized spacial score (nSPS) is 10.4. The minimum absolute atomic E-state index is 0.000579. The van der Waals surface area contributed by atoms with Gasteiger partial charge in [-0.25, -0.2) is 0 Å². The van der Waals surface area contributed by atoms with E-state index in [1.807, 2.05) is 18.2 Å². The van der Waals surface area contributed by atoms with Gasteiger partial charge in [-0.15, -0.1) is 0 Å². The van der Waals surface area contributed by atoms with Crippen LogP contribution in [0, 0.1) is 0 Å². The predicted octanol–water partition coefficient (Wildman–Crippen LogP) is 4.53. The first kappa shape index (κ1) is 16.6. The molecule has 0 radical (unpaired) electrons. The van der Waals surface area contributed by atoms with Crippen LogP contribution < -0.4 is 9.64 Å². The van der Waals surface area contributed by atoms with E-state index in [4.69, 9.17) is 4.74 Å². The Balaban J connectivity index is 2.29. The van der Waals surface area contributed by atoms with E-state index in [0.717, 1.165) is 29.0 Å². The molecule has 0 atom stereocenters. The second-order valence-electron chi connectivity index (χ2n) is 4.89. The van der Waals surface area contributed by atoms with Gasteiger partial charge in [0.1, 0.15) is 5.75 Å². The van der Waals surface area contributed by atoms with Gasteiger partial charge in [0.2, 0.25) is 0 Å². The Morgan fingerprint density at radius 1 is 1.09 bits per heavy atom. The van der Waals surface area contributed by atoms with Gasteiger partial charge < -0.3 is 9.64 Å². The van der Waals surface area contributed by atoms with Gasteiger partial charge in [0.15, 0.2) is 5.78 Å². The monoisotopic (exact) mass is 361 g/mol. The first-order valence-corrected chi connectivity index (χ1v) is 8.13. The second-order valence-corrected chi connectivity index (χ2v) is 5.75. The molecule has 3 nitrogen and oxygen atoms in total. The van der Waals surface area contributed by atoms with Crippen molar-refractivity contribution in [3.8, 4) is 5.75 Å². The van der Waals surface area contributed by atoms with Crippen molar-refractivity contribution in [3.05, 3.63) is 58.1 Å². The van der Waals surface area contributed by atoms with E-state index >= 15 is 0 Å². The highest BCUT2D eigenvalue weighted by Gasteiger charge is 2.14. The number of rotatable bonds is 6. The van der Waals surface area contributed by atoms with Gasteiger partial charge in [0.05, 0.1) is 7.11 Å². The summed E-state index contributed by atoms with van der Waals surface area (Å²) in [6, 6.07) is 13.0. The lowest BCUT2D eigenvalue weighted by Gasteiger charge is -2.21. The van der Waals surface area contributed by atoms with E-state index in [2.05, 4.69) is 34.7 Å². The van der Waals surface area contributed by atoms with Crippen LogP contribution in [0.4, 0.5) is 5.69 Å². The van der Waals surface area contributed by atoms with Crippen LogP contribution in [0.3, 0.4) is 0 Å². The first-order valence-electron chi connectivity index (χ1n) is 7.34. The van der Waals surface area contributed by atoms with Crippen molar-refractivity contribution in [2.24, 2.45) is 0 Å². The lowest BCUT2D eigenvalue weighted by molar-refractivity contribution is 0.103. The van der Waals surface area contributed by atoms with Crippen LogP contribution in [0.5, 0.6) is 5.75 Å². The van der Waals surface area contributed by atoms with Gasteiger partial charge in [0, 0.05) is 34.4 Å². The summed E-state index contributed by atoms with van der Waals surface area (Å²) in [6.45, 7) is 6.12. The molecular weight excluding hydrogens is 342 g/mol. The number of hydrogen-bond donors (Lipinski definition) is 0. The maximum Gasteiger partial charge on any atom is 0.194 e. The zero-order valence-corrected chi connectivity index (χ0v) is 14.7. The number of nitrogens with zero attached hydrogens (tertiary/aromatic N) is 1. The molecule has 0 aromatic heterocycles. The topological polar surface area (TPSA) is 29.5 Å². The molecule has 0 amide bonds. The summed E-state index contributed by atoms with van der Waals surface area (Å²) >= 11 is 3.53. The van der Waals surface area contributed by atoms with E-state index in [1.54, 1.807) is 31.4 Å². The lowest BCUT2D eigenvalue weighted by atomic mass is 10.0. The van der Waals surface area contributed by atoms with Crippen LogP contribution in [0.25, 0.3) is 0 Å². The highest BCUT2D eigenvalue weighted by atomic mass is 79.9. The molecule has 4 heteroatoms. The largest absolute Gasteiger partial charge is 0.497 e. The van der Waals surface area contributed by atoms with Crippen LogP contribution in [0.1, 0.15) is 29.8 Å². The van der Waals surface area contributed by atoms with Crippen LogP contribution in [0.2, 0.25) is 0 Å². The molecule has 2 aromatic rings. The Hall–Kier alpha value is -1.81. The summed E-state index contributed by atoms with van der Waals surface area (Å²) in [7, 11) is 1.61. The Labute approximate surface area is 140 Å². The zero-order chi connectivity index (χ0) is 16.1. The molecular formula is C18H20BrNO2. The third-order valence-electron chi connectivity index (χ3n) is 3.68. The number of benzene rings is 2. The van der Waals surface area contributed by atoms with Crippen molar-refractivity contribution in [1.29, 1.82) is 0 Å². The summed E-state index contributed by atoms with van der Waals surface area (Å²) in [5.74, 6) is 0.744. The first-order chi connectivity index (χ1) is 10.6. The van der Waals surface area contributed by atoms with Gasteiger partial charge in [0.25, 0.3) is 0 Å². The lowest BCUT2D eigenvalue weighted by Crippen LogP contribution is -2.21. The smallest absolute Gasteiger partial charge is 0.194 e. The Bertz CT molecular complexity index is 649. The molecule has 0 bridgehead atoms. The third-order valence-corrected chi connectivity index (χ3v) is 4.33. The van der Waals surface area contributed by atoms with Crippen LogP contribution >= 0.6 is 15.9 Å². The molecule has 0 spiro atoms. The minimum Gasteiger partial charge on any atom is -0.497 e. The number of ketones is 1. The molecule has 22 heavy (non-hydrogen) atoms. The van der Waals surface area contributed by atoms with Crippen LogP contribution in [-0.4, -0.2) is 26.0 Å². The summed E-state index contributed by atoms with van der Waals surface area (Å²) in [5.41, 5.74) is 2.43. The van der Waals surface area contributed by atoms with Crippen LogP contribution in [-0.2, 0) is 0 Å². The average Bonchev–Trinajstić information content (AvgIpc) is 2.55. The molecule has 0 aliphatic carbocycles. The Morgan fingerprint density at radius 3 is 2.23 bits per heavy atom. The number of anilines is 1. The van der Waals surface area contributed by atoms with E-state index in [0.29, 0.717) is 11.1 Å². The molecule has 0 fully saturated rings. The number of carbonyl (C=O) groups excluding carboxylic acids is 1. The molecule has 0 saturated heterocycles. The maximum atomic E-state index is 12.6. The summed E-state index contributed by atoms with van der Waals surface area (Å²) in [4.78, 5) is 14.8. The summed E-state index contributed by atoms with van der Waals surface area (Å²) in [6.07, 6.45) is 0. The molecule has 0 aliphatic heterocycles. The maximum absolute atomic E-state index is 12.6. The minimum atomic E-state index is 0.000579. The number of carbonyl (C=O) groups is 1. The number of halogens is 1. The van der Waals surface area contributed by atoms with Gasteiger partial charge in [-0.1, -0.05) is 0 Å². The number of hydrogen-bond acceptors (Lipinski definition) is 3. The van der Waals surface area contributed by atoms with Gasteiger partial charge >= 0.3 is 0 Å². The van der Waals surface area contributed by atoms with Crippen molar-refractivity contribution >= 4 is 27.4 Å². The van der Waals surface area contributed by atoms with Crippen molar-refractivity contribution < 1.29 is 9.53 Å². The van der Waals surface area contributed by atoms with Gasteiger partial charge in [-0.05, 0) is 72.2 Å². The molecule has 2 aromatic carbocycles. The van der Waals surface area contributed by atoms with Crippen molar-refractivity contribution in [3.63, 3.8) is 0 Å². The standard InChI is InChI=1S/C18H20BrNO2/c1-4-20(5-2)14-8-11-16(17(19)12-14)18(21)13-6-9-15(22-3)10-7-13/h6-12H,4-5H2,1-3H3. The Kier molecular flexibility index (Phi) is 5.61. The van der Waals surface area contributed by atoms with E-state index < -0.39 is 0 Å². The summed E-state index contributed by atoms with van der Waals surface area (Å²) in [5, 5.41) is 0. The fourth-order valence-electron chi connectivity index (χ4n) is 2.37. The zero-order valence-electron chi connectivity index (χ0n) is 13.1. The van der Waals surface area contributed by atoms with Crippen molar-refractivity contribution in [2.45, 2.75) is 13.8 Å². The number of methoxy groups -OCH3 is 1. The van der Waals surface area contributed by atoms with E-state index in [9.17, 15) is 4.79 Å². The SMILES string of the molecule is CCN(CC)c1ccc(C(=O)c2ccc(OC)cc2)c(Br)c1. The third kappa shape index (κ3) is 3.50. The average molecular weight is 362 g/mol. The number of ether oxygens (including phenoxy) is 1. The molecule has 116 valence electrons. The summed E-state index contributed by atoms with van der Waals surface area (Å²) < 4.78 is 5.94. The fraction of sp³-hybridized carbons (Fsp3) is 0.278. The molecule has 0 heterocycles. The van der Waals surface area contributed by atoms with Gasteiger partial charge in [-0.3, -0.25) is 4.79 Å². The van der Waals surface area contributed by atoms with Crippen molar-refractivity contribution in [1.82, 2.24) is 0 Å². The van der Waals surface area contributed by atoms with Gasteiger partial charge in [-0.2, -0.15) is 0 Å². The van der Waals surface area contributed by atoms with Crippen LogP contribution in [0.15, 0.2) is 46.9 Å². The molecule has 0 N–H and O–H groups in total. The second kappa shape index (κ2) is 7.45. The highest BCUT2D eigenvalue weighted by molar-refractivity contribution is 9.10. The Morgan fingerprint density at radius 2 is 1.73 bits per heavy atom. The fourth-order valence-corrected chi connectivity index (χ4v) is 2.92. The quantitative estimate of drug-likeness (QED) is 0.707. The van der Waals surface area contributed by atoms with E-state index in [1.165, 1.54) is 0 Å². The molecule has 0 unspecified atom stereocenters. The molecule has 0 aliphatic rings. The molecule has 2 rings (SSSR count). The predicted molar refractivity (Wildman–Crippen MR) is 94.1 cm³/mol. The highest BCUT2D eigenvalue weighted by Crippen LogP contribution is 2.26. The molecule has 0 saturated carbocycles.